The third-order valence-electron chi connectivity index (χ3n) is 4.11. The van der Waals surface area contributed by atoms with E-state index in [1.165, 1.54) is 22.5 Å². The molecule has 25 heavy (non-hydrogen) atoms. The Morgan fingerprint density at radius 3 is 2.64 bits per heavy atom. The third kappa shape index (κ3) is 4.31. The summed E-state index contributed by atoms with van der Waals surface area (Å²) in [6.07, 6.45) is 1.33. The van der Waals surface area contributed by atoms with E-state index in [2.05, 4.69) is 10.6 Å². The first-order valence-electron chi connectivity index (χ1n) is 8.19. The molecule has 1 aromatic rings. The van der Waals surface area contributed by atoms with E-state index >= 15 is 0 Å². The number of halogens is 1. The molecule has 1 heterocycles. The highest BCUT2D eigenvalue weighted by Crippen LogP contribution is 2.26. The minimum absolute atomic E-state index is 0.0545. The van der Waals surface area contributed by atoms with Crippen LogP contribution in [0.15, 0.2) is 23.1 Å². The second-order valence-corrected chi connectivity index (χ2v) is 8.01. The van der Waals surface area contributed by atoms with Gasteiger partial charge in [0.1, 0.15) is 10.9 Å². The van der Waals surface area contributed by atoms with Crippen molar-refractivity contribution in [1.82, 2.24) is 14.9 Å². The van der Waals surface area contributed by atoms with E-state index in [0.29, 0.717) is 26.1 Å². The van der Waals surface area contributed by atoms with Crippen LogP contribution in [-0.2, 0) is 14.8 Å². The van der Waals surface area contributed by atoms with Crippen molar-refractivity contribution in [1.29, 1.82) is 0 Å². The van der Waals surface area contributed by atoms with Crippen LogP contribution in [0.4, 0.5) is 0 Å². The summed E-state index contributed by atoms with van der Waals surface area (Å²) in [7, 11) is -3.79. The Labute approximate surface area is 152 Å². The van der Waals surface area contributed by atoms with Crippen LogP contribution >= 0.6 is 11.6 Å². The van der Waals surface area contributed by atoms with E-state index in [1.807, 2.05) is 0 Å². The van der Waals surface area contributed by atoms with Crippen molar-refractivity contribution in [3.63, 3.8) is 0 Å². The number of rotatable bonds is 6. The van der Waals surface area contributed by atoms with Gasteiger partial charge in [-0.3, -0.25) is 9.59 Å². The normalized spacial score (nSPS) is 18.1. The van der Waals surface area contributed by atoms with Crippen LogP contribution in [0, 0.1) is 0 Å². The lowest BCUT2D eigenvalue weighted by atomic mass is 10.1. The lowest BCUT2D eigenvalue weighted by Gasteiger charge is -2.23. The number of sulfonamides is 1. The van der Waals surface area contributed by atoms with Gasteiger partial charge in [0, 0.05) is 25.2 Å². The zero-order valence-corrected chi connectivity index (χ0v) is 15.8. The van der Waals surface area contributed by atoms with Crippen molar-refractivity contribution in [3.05, 3.63) is 28.8 Å². The summed E-state index contributed by atoms with van der Waals surface area (Å²) in [6.45, 7) is 4.65. The molecule has 0 radical (unpaired) electrons. The summed E-state index contributed by atoms with van der Waals surface area (Å²) in [5, 5.41) is 5.38. The molecule has 138 valence electrons. The van der Waals surface area contributed by atoms with Crippen LogP contribution in [0.5, 0.6) is 0 Å². The van der Waals surface area contributed by atoms with Crippen molar-refractivity contribution < 1.29 is 18.0 Å². The first kappa shape index (κ1) is 19.7. The first-order valence-corrected chi connectivity index (χ1v) is 10.0. The van der Waals surface area contributed by atoms with Crippen molar-refractivity contribution in [2.45, 2.75) is 37.6 Å². The fourth-order valence-corrected chi connectivity index (χ4v) is 4.65. The van der Waals surface area contributed by atoms with E-state index in [4.69, 9.17) is 11.6 Å². The van der Waals surface area contributed by atoms with E-state index in [1.54, 1.807) is 13.8 Å². The van der Waals surface area contributed by atoms with Crippen molar-refractivity contribution >= 4 is 33.4 Å². The Kier molecular flexibility index (Phi) is 6.42. The molecule has 0 aliphatic carbocycles. The Balaban J connectivity index is 2.29. The molecule has 7 nitrogen and oxygen atoms in total. The number of nitrogens with one attached hydrogen (secondary N) is 2. The predicted molar refractivity (Wildman–Crippen MR) is 95.1 cm³/mol. The van der Waals surface area contributed by atoms with Crippen LogP contribution in [0.25, 0.3) is 0 Å². The highest BCUT2D eigenvalue weighted by Gasteiger charge is 2.27. The van der Waals surface area contributed by atoms with E-state index in [-0.39, 0.29) is 21.4 Å². The van der Waals surface area contributed by atoms with Crippen LogP contribution in [0.2, 0.25) is 5.02 Å². The molecule has 0 bridgehead atoms. The van der Waals surface area contributed by atoms with Crippen LogP contribution < -0.4 is 10.6 Å². The number of hydrogen-bond donors (Lipinski definition) is 2. The van der Waals surface area contributed by atoms with Crippen LogP contribution in [0.3, 0.4) is 0 Å². The summed E-state index contributed by atoms with van der Waals surface area (Å²) in [4.78, 5) is 24.1. The topological polar surface area (TPSA) is 95.6 Å². The smallest absolute Gasteiger partial charge is 0.251 e. The summed E-state index contributed by atoms with van der Waals surface area (Å²) >= 11 is 6.06. The summed E-state index contributed by atoms with van der Waals surface area (Å²) in [5.74, 6) is -0.737. The number of hydrogen-bond acceptors (Lipinski definition) is 4. The number of carbonyl (C=O) groups is 2. The first-order chi connectivity index (χ1) is 11.8. The molecule has 1 unspecified atom stereocenters. The van der Waals surface area contributed by atoms with Gasteiger partial charge in [0.2, 0.25) is 15.9 Å². The molecule has 1 aliphatic heterocycles. The Bertz CT molecular complexity index is 763. The van der Waals surface area contributed by atoms with E-state index in [9.17, 15) is 18.0 Å². The van der Waals surface area contributed by atoms with Gasteiger partial charge in [0.25, 0.3) is 5.91 Å². The molecule has 0 saturated carbocycles. The molecule has 2 rings (SSSR count). The quantitative estimate of drug-likeness (QED) is 0.770. The largest absolute Gasteiger partial charge is 0.354 e. The van der Waals surface area contributed by atoms with Gasteiger partial charge in [0.15, 0.2) is 0 Å². The van der Waals surface area contributed by atoms with Crippen molar-refractivity contribution in [3.8, 4) is 0 Å². The summed E-state index contributed by atoms with van der Waals surface area (Å²) < 4.78 is 26.6. The summed E-state index contributed by atoms with van der Waals surface area (Å²) in [6, 6.07) is 3.47. The molecule has 1 saturated heterocycles. The van der Waals surface area contributed by atoms with Crippen LogP contribution in [-0.4, -0.2) is 50.2 Å². The molecular weight excluding hydrogens is 366 g/mol. The number of piperidine rings is 1. The zero-order valence-electron chi connectivity index (χ0n) is 14.2. The van der Waals surface area contributed by atoms with Gasteiger partial charge in [-0.25, -0.2) is 8.42 Å². The van der Waals surface area contributed by atoms with Gasteiger partial charge in [-0.1, -0.05) is 25.4 Å². The standard InChI is InChI=1S/C16H22ClN3O4S/c1-3-20(4-2)25(23,24)14-10-11(7-8-12(14)17)15(21)19-13-6-5-9-18-16(13)22/h7-8,10,13H,3-6,9H2,1-2H3,(H,18,22)(H,19,21). The molecule has 2 amide bonds. The van der Waals surface area contributed by atoms with Gasteiger partial charge in [-0.15, -0.1) is 0 Å². The van der Waals surface area contributed by atoms with Gasteiger partial charge in [0.05, 0.1) is 5.02 Å². The number of amides is 2. The fraction of sp³-hybridized carbons (Fsp3) is 0.500. The van der Waals surface area contributed by atoms with Gasteiger partial charge in [-0.2, -0.15) is 4.31 Å². The van der Waals surface area contributed by atoms with Gasteiger partial charge in [-0.05, 0) is 31.0 Å². The lowest BCUT2D eigenvalue weighted by Crippen LogP contribution is -2.50. The number of benzene rings is 1. The van der Waals surface area contributed by atoms with Crippen molar-refractivity contribution in [2.75, 3.05) is 19.6 Å². The fourth-order valence-electron chi connectivity index (χ4n) is 2.70. The monoisotopic (exact) mass is 387 g/mol. The second-order valence-electron chi connectivity index (χ2n) is 5.69. The Hall–Kier alpha value is -1.64. The second kappa shape index (κ2) is 8.16. The van der Waals surface area contributed by atoms with E-state index < -0.39 is 22.0 Å². The molecule has 1 aromatic carbocycles. The average Bonchev–Trinajstić information content (AvgIpc) is 2.58. The maximum Gasteiger partial charge on any atom is 0.251 e. The number of carbonyl (C=O) groups excluding carboxylic acids is 2. The Morgan fingerprint density at radius 1 is 1.36 bits per heavy atom. The molecule has 0 aromatic heterocycles. The maximum absolute atomic E-state index is 12.7. The molecule has 1 aliphatic rings. The maximum atomic E-state index is 12.7. The van der Waals surface area contributed by atoms with Gasteiger partial charge >= 0.3 is 0 Å². The average molecular weight is 388 g/mol. The number of nitrogens with zero attached hydrogens (tertiary/aromatic N) is 1. The third-order valence-corrected chi connectivity index (χ3v) is 6.64. The van der Waals surface area contributed by atoms with Crippen molar-refractivity contribution in [2.24, 2.45) is 0 Å². The zero-order chi connectivity index (χ0) is 18.6. The highest BCUT2D eigenvalue weighted by molar-refractivity contribution is 7.89. The minimum atomic E-state index is -3.79. The molecule has 1 atom stereocenters. The summed E-state index contributed by atoms with van der Waals surface area (Å²) in [5.41, 5.74) is 0.147. The molecule has 1 fully saturated rings. The molecule has 2 N–H and O–H groups in total. The predicted octanol–water partition coefficient (Wildman–Crippen LogP) is 1.38. The molecular formula is C16H22ClN3O4S. The Morgan fingerprint density at radius 2 is 2.04 bits per heavy atom. The van der Waals surface area contributed by atoms with Crippen LogP contribution in [0.1, 0.15) is 37.0 Å². The minimum Gasteiger partial charge on any atom is -0.354 e. The highest BCUT2D eigenvalue weighted by atomic mass is 35.5. The lowest BCUT2D eigenvalue weighted by molar-refractivity contribution is -0.124. The molecule has 0 spiro atoms. The van der Waals surface area contributed by atoms with Gasteiger partial charge < -0.3 is 10.6 Å². The molecule has 9 heteroatoms. The van der Waals surface area contributed by atoms with E-state index in [0.717, 1.165) is 6.42 Å². The SMILES string of the molecule is CCN(CC)S(=O)(=O)c1cc(C(=O)NC2CCCNC2=O)ccc1Cl.